The fourth-order valence-electron chi connectivity index (χ4n) is 3.40. The molecule has 1 amide bonds. The Morgan fingerprint density at radius 1 is 0.815 bits per heavy atom. The van der Waals surface area contributed by atoms with E-state index in [1.54, 1.807) is 0 Å². The number of hydrogen-bond donors (Lipinski definition) is 1. The van der Waals surface area contributed by atoms with Crippen LogP contribution < -0.4 is 5.32 Å². The number of nitrogens with zero attached hydrogens (tertiary/aromatic N) is 1. The molecule has 27 heavy (non-hydrogen) atoms. The molecule has 1 aliphatic heterocycles. The molecule has 136 valence electrons. The predicted octanol–water partition coefficient (Wildman–Crippen LogP) is 4.72. The fourth-order valence-corrected chi connectivity index (χ4v) is 3.63. The minimum atomic E-state index is 0.0651. The summed E-state index contributed by atoms with van der Waals surface area (Å²) in [5, 5.41) is 3.92. The zero-order chi connectivity index (χ0) is 18.6. The van der Waals surface area contributed by atoms with Gasteiger partial charge in [0.15, 0.2) is 0 Å². The number of hydrogen-bond acceptors (Lipinski definition) is 2. The van der Waals surface area contributed by atoms with Gasteiger partial charge in [-0.15, -0.1) is 0 Å². The van der Waals surface area contributed by atoms with E-state index in [2.05, 4.69) is 41.7 Å². The highest BCUT2D eigenvalue weighted by atomic mass is 35.5. The molecule has 1 saturated heterocycles. The monoisotopic (exact) mass is 376 g/mol. The van der Waals surface area contributed by atoms with Crippen molar-refractivity contribution in [3.05, 3.63) is 83.4 Å². The second-order valence-electron chi connectivity index (χ2n) is 6.68. The molecular formula is C23H21ClN2O. The van der Waals surface area contributed by atoms with Gasteiger partial charge in [-0.3, -0.25) is 4.79 Å². The minimum absolute atomic E-state index is 0.0651. The lowest BCUT2D eigenvalue weighted by molar-refractivity contribution is 0.0736. The lowest BCUT2D eigenvalue weighted by atomic mass is 9.99. The Kier molecular flexibility index (Phi) is 5.23. The number of benzene rings is 3. The third kappa shape index (κ3) is 3.90. The molecule has 0 radical (unpaired) electrons. The van der Waals surface area contributed by atoms with Gasteiger partial charge in [0.1, 0.15) is 0 Å². The van der Waals surface area contributed by atoms with E-state index in [-0.39, 0.29) is 5.91 Å². The quantitative estimate of drug-likeness (QED) is 0.717. The number of nitrogens with one attached hydrogen (secondary N) is 1. The molecule has 0 spiro atoms. The van der Waals surface area contributed by atoms with Crippen LogP contribution in [0, 0.1) is 0 Å². The first-order chi connectivity index (χ1) is 13.2. The van der Waals surface area contributed by atoms with Crippen LogP contribution in [0.3, 0.4) is 0 Å². The van der Waals surface area contributed by atoms with Gasteiger partial charge in [0.2, 0.25) is 0 Å². The molecule has 3 nitrogen and oxygen atoms in total. The van der Waals surface area contributed by atoms with Crippen molar-refractivity contribution in [3.8, 4) is 22.3 Å². The first kappa shape index (κ1) is 17.8. The first-order valence-electron chi connectivity index (χ1n) is 9.18. The molecule has 0 aliphatic carbocycles. The van der Waals surface area contributed by atoms with E-state index in [4.69, 9.17) is 11.6 Å². The highest BCUT2D eigenvalue weighted by Gasteiger charge is 2.19. The van der Waals surface area contributed by atoms with Gasteiger partial charge in [-0.05, 0) is 34.9 Å². The van der Waals surface area contributed by atoms with Crippen molar-refractivity contribution >= 4 is 17.5 Å². The summed E-state index contributed by atoms with van der Waals surface area (Å²) in [6.45, 7) is 3.16. The third-order valence-electron chi connectivity index (χ3n) is 4.92. The van der Waals surface area contributed by atoms with Crippen LogP contribution in [0.5, 0.6) is 0 Å². The van der Waals surface area contributed by atoms with Crippen LogP contribution in [0.15, 0.2) is 72.8 Å². The van der Waals surface area contributed by atoms with E-state index in [1.165, 1.54) is 5.56 Å². The highest BCUT2D eigenvalue weighted by Crippen LogP contribution is 2.31. The van der Waals surface area contributed by atoms with E-state index in [0.29, 0.717) is 10.6 Å². The Bertz CT molecular complexity index is 932. The molecule has 4 rings (SSSR count). The van der Waals surface area contributed by atoms with Crippen LogP contribution in [-0.4, -0.2) is 37.0 Å². The molecule has 1 fully saturated rings. The van der Waals surface area contributed by atoms with Crippen molar-refractivity contribution in [1.82, 2.24) is 10.2 Å². The summed E-state index contributed by atoms with van der Waals surface area (Å²) in [6, 6.07) is 24.1. The number of carbonyl (C=O) groups is 1. The smallest absolute Gasteiger partial charge is 0.253 e. The molecule has 4 heteroatoms. The van der Waals surface area contributed by atoms with Gasteiger partial charge >= 0.3 is 0 Å². The summed E-state index contributed by atoms with van der Waals surface area (Å²) >= 11 is 6.44. The molecule has 0 atom stereocenters. The maximum absolute atomic E-state index is 12.8. The molecule has 0 aromatic heterocycles. The third-order valence-corrected chi connectivity index (χ3v) is 5.25. The van der Waals surface area contributed by atoms with Crippen molar-refractivity contribution < 1.29 is 4.79 Å². The Labute approximate surface area is 164 Å². The summed E-state index contributed by atoms with van der Waals surface area (Å²) in [6.07, 6.45) is 0. The fraction of sp³-hybridized carbons (Fsp3) is 0.174. The zero-order valence-corrected chi connectivity index (χ0v) is 15.7. The van der Waals surface area contributed by atoms with Crippen LogP contribution in [0.25, 0.3) is 22.3 Å². The zero-order valence-electron chi connectivity index (χ0n) is 15.0. The van der Waals surface area contributed by atoms with Gasteiger partial charge in [0.05, 0.1) is 0 Å². The number of carbonyl (C=O) groups excluding carboxylic acids is 1. The van der Waals surface area contributed by atoms with Gasteiger partial charge in [0, 0.05) is 42.3 Å². The molecule has 1 N–H and O–H groups in total. The van der Waals surface area contributed by atoms with Crippen LogP contribution in [0.2, 0.25) is 5.02 Å². The average molecular weight is 377 g/mol. The predicted molar refractivity (Wildman–Crippen MR) is 111 cm³/mol. The number of halogens is 1. The number of piperazine rings is 1. The SMILES string of the molecule is O=C(c1ccc(Cl)c(-c2ccc(-c3ccccc3)cc2)c1)N1CCNCC1. The van der Waals surface area contributed by atoms with Crippen LogP contribution in [0.1, 0.15) is 10.4 Å². The number of rotatable bonds is 3. The van der Waals surface area contributed by atoms with Gasteiger partial charge in [-0.2, -0.15) is 0 Å². The summed E-state index contributed by atoms with van der Waals surface area (Å²) in [5.74, 6) is 0.0651. The van der Waals surface area contributed by atoms with Gasteiger partial charge in [0.25, 0.3) is 5.91 Å². The van der Waals surface area contributed by atoms with Gasteiger partial charge < -0.3 is 10.2 Å². The Hall–Kier alpha value is -2.62. The molecule has 0 unspecified atom stereocenters. The van der Waals surface area contributed by atoms with Gasteiger partial charge in [-0.1, -0.05) is 66.2 Å². The van der Waals surface area contributed by atoms with Crippen molar-refractivity contribution in [1.29, 1.82) is 0 Å². The summed E-state index contributed by atoms with van der Waals surface area (Å²) < 4.78 is 0. The maximum Gasteiger partial charge on any atom is 0.253 e. The summed E-state index contributed by atoms with van der Waals surface area (Å²) in [7, 11) is 0. The van der Waals surface area contributed by atoms with Crippen LogP contribution >= 0.6 is 11.6 Å². The average Bonchev–Trinajstić information content (AvgIpc) is 2.75. The topological polar surface area (TPSA) is 32.3 Å². The molecular weight excluding hydrogens is 356 g/mol. The van der Waals surface area contributed by atoms with Crippen molar-refractivity contribution in [3.63, 3.8) is 0 Å². The summed E-state index contributed by atoms with van der Waals surface area (Å²) in [4.78, 5) is 14.7. The molecule has 1 heterocycles. The standard InChI is InChI=1S/C23H21ClN2O/c24-22-11-10-20(23(27)26-14-12-25-13-15-26)16-21(22)19-8-6-18(7-9-19)17-4-2-1-3-5-17/h1-11,16,25H,12-15H2. The van der Waals surface area contributed by atoms with E-state index in [9.17, 15) is 4.79 Å². The molecule has 3 aromatic carbocycles. The van der Waals surface area contributed by atoms with E-state index in [0.717, 1.165) is 42.9 Å². The lowest BCUT2D eigenvalue weighted by Gasteiger charge is -2.27. The van der Waals surface area contributed by atoms with Crippen LogP contribution in [-0.2, 0) is 0 Å². The largest absolute Gasteiger partial charge is 0.336 e. The molecule has 0 bridgehead atoms. The molecule has 0 saturated carbocycles. The van der Waals surface area contributed by atoms with E-state index >= 15 is 0 Å². The normalized spacial score (nSPS) is 14.2. The Balaban J connectivity index is 1.62. The molecule has 1 aliphatic rings. The highest BCUT2D eigenvalue weighted by molar-refractivity contribution is 6.33. The van der Waals surface area contributed by atoms with Gasteiger partial charge in [-0.25, -0.2) is 0 Å². The first-order valence-corrected chi connectivity index (χ1v) is 9.55. The summed E-state index contributed by atoms with van der Waals surface area (Å²) in [5.41, 5.74) is 4.91. The maximum atomic E-state index is 12.8. The van der Waals surface area contributed by atoms with Crippen molar-refractivity contribution in [2.75, 3.05) is 26.2 Å². The van der Waals surface area contributed by atoms with E-state index < -0.39 is 0 Å². The Morgan fingerprint density at radius 2 is 1.44 bits per heavy atom. The molecule has 3 aromatic rings. The van der Waals surface area contributed by atoms with E-state index in [1.807, 2.05) is 41.3 Å². The Morgan fingerprint density at radius 3 is 2.15 bits per heavy atom. The second kappa shape index (κ2) is 7.95. The van der Waals surface area contributed by atoms with Crippen LogP contribution in [0.4, 0.5) is 0 Å². The second-order valence-corrected chi connectivity index (χ2v) is 7.09. The van der Waals surface area contributed by atoms with Crippen molar-refractivity contribution in [2.24, 2.45) is 0 Å². The lowest BCUT2D eigenvalue weighted by Crippen LogP contribution is -2.46. The minimum Gasteiger partial charge on any atom is -0.336 e. The van der Waals surface area contributed by atoms with Crippen molar-refractivity contribution in [2.45, 2.75) is 0 Å². The number of amides is 1.